The predicted octanol–water partition coefficient (Wildman–Crippen LogP) is 4.91. The van der Waals surface area contributed by atoms with Crippen LogP contribution in [0.15, 0.2) is 71.6 Å². The Balaban J connectivity index is 1.98. The minimum Gasteiger partial charge on any atom is -0.322 e. The maximum absolute atomic E-state index is 14.4. The molecule has 0 radical (unpaired) electrons. The van der Waals surface area contributed by atoms with Gasteiger partial charge >= 0.3 is 0 Å². The van der Waals surface area contributed by atoms with E-state index in [4.69, 9.17) is 0 Å². The molecule has 5 nitrogen and oxygen atoms in total. The minimum absolute atomic E-state index is 0.152. The molecule has 0 aromatic heterocycles. The number of halogens is 1. The number of anilines is 2. The van der Waals surface area contributed by atoms with Gasteiger partial charge in [-0.15, -0.1) is 0 Å². The Morgan fingerprint density at radius 1 is 1.00 bits per heavy atom. The Kier molecular flexibility index (Phi) is 6.22. The van der Waals surface area contributed by atoms with E-state index >= 15 is 0 Å². The van der Waals surface area contributed by atoms with Crippen LogP contribution in [0.5, 0.6) is 0 Å². The Morgan fingerprint density at radius 3 is 2.37 bits per heavy atom. The van der Waals surface area contributed by atoms with Crippen LogP contribution in [0.2, 0.25) is 0 Å². The lowest BCUT2D eigenvalue weighted by Gasteiger charge is -2.23. The molecule has 0 spiro atoms. The van der Waals surface area contributed by atoms with Crippen molar-refractivity contribution in [2.75, 3.05) is 16.2 Å². The Labute approximate surface area is 176 Å². The van der Waals surface area contributed by atoms with Crippen molar-refractivity contribution < 1.29 is 17.6 Å². The summed E-state index contributed by atoms with van der Waals surface area (Å²) in [5.41, 5.74) is 2.54. The molecule has 30 heavy (non-hydrogen) atoms. The lowest BCUT2D eigenvalue weighted by Crippen LogP contribution is -2.31. The van der Waals surface area contributed by atoms with E-state index in [1.54, 1.807) is 49.4 Å². The molecule has 3 aromatic rings. The fourth-order valence-electron chi connectivity index (χ4n) is 3.13. The number of benzene rings is 3. The van der Waals surface area contributed by atoms with E-state index in [1.165, 1.54) is 10.4 Å². The Morgan fingerprint density at radius 2 is 1.70 bits per heavy atom. The van der Waals surface area contributed by atoms with Crippen molar-refractivity contribution >= 4 is 27.3 Å². The molecule has 156 valence electrons. The number of amides is 1. The number of nitrogens with zero attached hydrogens (tertiary/aromatic N) is 1. The first kappa shape index (κ1) is 21.5. The van der Waals surface area contributed by atoms with Crippen LogP contribution in [0.4, 0.5) is 15.8 Å². The van der Waals surface area contributed by atoms with Gasteiger partial charge in [0.2, 0.25) is 0 Å². The standard InChI is InChI=1S/C23H23FN2O3S/c1-4-26(18-10-6-5-7-11-18)30(28,29)19-13-14-21(24)20(15-19)23(27)25-22-12-8-9-16(2)17(22)3/h5-15H,4H2,1-3H3,(H,25,27). The average Bonchev–Trinajstić information content (AvgIpc) is 2.72. The van der Waals surface area contributed by atoms with Crippen molar-refractivity contribution in [1.82, 2.24) is 0 Å². The second-order valence-corrected chi connectivity index (χ2v) is 8.71. The highest BCUT2D eigenvalue weighted by Gasteiger charge is 2.26. The van der Waals surface area contributed by atoms with Gasteiger partial charge in [-0.3, -0.25) is 9.10 Å². The molecule has 1 N–H and O–H groups in total. The van der Waals surface area contributed by atoms with Crippen molar-refractivity contribution in [1.29, 1.82) is 0 Å². The van der Waals surface area contributed by atoms with Crippen LogP contribution in [-0.2, 0) is 10.0 Å². The van der Waals surface area contributed by atoms with Crippen LogP contribution >= 0.6 is 0 Å². The normalized spacial score (nSPS) is 11.2. The molecule has 0 bridgehead atoms. The summed E-state index contributed by atoms with van der Waals surface area (Å²) in [6.45, 7) is 5.65. The first-order valence-electron chi connectivity index (χ1n) is 9.50. The molecule has 7 heteroatoms. The SMILES string of the molecule is CCN(c1ccccc1)S(=O)(=O)c1ccc(F)c(C(=O)Nc2cccc(C)c2C)c1. The number of carbonyl (C=O) groups excluding carboxylic acids is 1. The van der Waals surface area contributed by atoms with Crippen LogP contribution in [-0.4, -0.2) is 20.9 Å². The van der Waals surface area contributed by atoms with Crippen molar-refractivity contribution in [3.63, 3.8) is 0 Å². The van der Waals surface area contributed by atoms with E-state index in [0.29, 0.717) is 11.4 Å². The van der Waals surface area contributed by atoms with Crippen LogP contribution in [0.1, 0.15) is 28.4 Å². The molecular formula is C23H23FN2O3S. The minimum atomic E-state index is -3.98. The number of hydrogen-bond donors (Lipinski definition) is 1. The summed E-state index contributed by atoms with van der Waals surface area (Å²) in [6, 6.07) is 17.3. The van der Waals surface area contributed by atoms with Gasteiger partial charge in [0.25, 0.3) is 15.9 Å². The van der Waals surface area contributed by atoms with Crippen LogP contribution < -0.4 is 9.62 Å². The Hall–Kier alpha value is -3.19. The molecular weight excluding hydrogens is 403 g/mol. The molecule has 0 atom stereocenters. The third-order valence-corrected chi connectivity index (χ3v) is 6.85. The highest BCUT2D eigenvalue weighted by Crippen LogP contribution is 2.26. The highest BCUT2D eigenvalue weighted by atomic mass is 32.2. The van der Waals surface area contributed by atoms with Gasteiger partial charge in [-0.2, -0.15) is 0 Å². The van der Waals surface area contributed by atoms with Crippen LogP contribution in [0, 0.1) is 19.7 Å². The maximum atomic E-state index is 14.4. The van der Waals surface area contributed by atoms with E-state index in [0.717, 1.165) is 23.3 Å². The monoisotopic (exact) mass is 426 g/mol. The molecule has 0 unspecified atom stereocenters. The van der Waals surface area contributed by atoms with Crippen molar-refractivity contribution in [2.45, 2.75) is 25.7 Å². The molecule has 0 saturated heterocycles. The average molecular weight is 427 g/mol. The lowest BCUT2D eigenvalue weighted by atomic mass is 10.1. The van der Waals surface area contributed by atoms with Crippen molar-refractivity contribution in [2.24, 2.45) is 0 Å². The first-order chi connectivity index (χ1) is 14.3. The number of para-hydroxylation sites is 1. The molecule has 0 aliphatic rings. The summed E-state index contributed by atoms with van der Waals surface area (Å²) in [4.78, 5) is 12.6. The summed E-state index contributed by atoms with van der Waals surface area (Å²) in [6.07, 6.45) is 0. The number of rotatable bonds is 6. The van der Waals surface area contributed by atoms with Gasteiger partial charge in [0.1, 0.15) is 5.82 Å². The summed E-state index contributed by atoms with van der Waals surface area (Å²) in [5, 5.41) is 2.67. The molecule has 0 aliphatic heterocycles. The molecule has 3 aromatic carbocycles. The zero-order valence-corrected chi connectivity index (χ0v) is 17.8. The summed E-state index contributed by atoms with van der Waals surface area (Å²) in [5.74, 6) is -1.50. The quantitative estimate of drug-likeness (QED) is 0.609. The van der Waals surface area contributed by atoms with E-state index in [1.807, 2.05) is 19.9 Å². The molecule has 1 amide bonds. The maximum Gasteiger partial charge on any atom is 0.264 e. The molecule has 0 aliphatic carbocycles. The molecule has 0 saturated carbocycles. The smallest absolute Gasteiger partial charge is 0.264 e. The van der Waals surface area contributed by atoms with E-state index in [9.17, 15) is 17.6 Å². The zero-order chi connectivity index (χ0) is 21.9. The number of nitrogens with one attached hydrogen (secondary N) is 1. The molecule has 0 heterocycles. The van der Waals surface area contributed by atoms with Gasteiger partial charge in [0.15, 0.2) is 0 Å². The third kappa shape index (κ3) is 4.21. The number of carbonyl (C=O) groups is 1. The molecule has 0 fully saturated rings. The van der Waals surface area contributed by atoms with Gasteiger partial charge < -0.3 is 5.32 Å². The van der Waals surface area contributed by atoms with Gasteiger partial charge in [0, 0.05) is 12.2 Å². The Bertz CT molecular complexity index is 1180. The largest absolute Gasteiger partial charge is 0.322 e. The topological polar surface area (TPSA) is 66.5 Å². The van der Waals surface area contributed by atoms with E-state index in [-0.39, 0.29) is 17.0 Å². The van der Waals surface area contributed by atoms with Crippen molar-refractivity contribution in [3.05, 3.63) is 89.2 Å². The summed E-state index contributed by atoms with van der Waals surface area (Å²) >= 11 is 0. The first-order valence-corrected chi connectivity index (χ1v) is 10.9. The summed E-state index contributed by atoms with van der Waals surface area (Å²) in [7, 11) is -3.98. The highest BCUT2D eigenvalue weighted by molar-refractivity contribution is 7.92. The zero-order valence-electron chi connectivity index (χ0n) is 17.0. The number of aryl methyl sites for hydroxylation is 1. The van der Waals surface area contributed by atoms with Gasteiger partial charge in [0.05, 0.1) is 16.1 Å². The number of sulfonamides is 1. The third-order valence-electron chi connectivity index (χ3n) is 4.95. The van der Waals surface area contributed by atoms with Gasteiger partial charge in [-0.05, 0) is 68.3 Å². The lowest BCUT2D eigenvalue weighted by molar-refractivity contribution is 0.102. The predicted molar refractivity (Wildman–Crippen MR) is 117 cm³/mol. The van der Waals surface area contributed by atoms with Crippen LogP contribution in [0.3, 0.4) is 0 Å². The molecule has 3 rings (SSSR count). The van der Waals surface area contributed by atoms with Crippen LogP contribution in [0.25, 0.3) is 0 Å². The van der Waals surface area contributed by atoms with Gasteiger partial charge in [-0.25, -0.2) is 12.8 Å². The second kappa shape index (κ2) is 8.67. The fourth-order valence-corrected chi connectivity index (χ4v) is 4.63. The van der Waals surface area contributed by atoms with Crippen molar-refractivity contribution in [3.8, 4) is 0 Å². The summed E-state index contributed by atoms with van der Waals surface area (Å²) < 4.78 is 42.0. The second-order valence-electron chi connectivity index (χ2n) is 6.85. The fraction of sp³-hybridized carbons (Fsp3) is 0.174. The van der Waals surface area contributed by atoms with E-state index < -0.39 is 21.7 Å². The van der Waals surface area contributed by atoms with Gasteiger partial charge in [-0.1, -0.05) is 30.3 Å². The van der Waals surface area contributed by atoms with E-state index in [2.05, 4.69) is 5.32 Å². The number of hydrogen-bond acceptors (Lipinski definition) is 3.